The van der Waals surface area contributed by atoms with Crippen molar-refractivity contribution in [3.05, 3.63) is 47.2 Å². The Bertz CT molecular complexity index is 1220. The predicted octanol–water partition coefficient (Wildman–Crippen LogP) is 2.81. The zero-order chi connectivity index (χ0) is 21.4. The van der Waals surface area contributed by atoms with Crippen molar-refractivity contribution in [3.8, 4) is 11.3 Å². The normalized spacial score (nSPS) is 12.4. The largest absolute Gasteiger partial charge is 0.352 e. The second-order valence-electron chi connectivity index (χ2n) is 7.83. The first-order valence-electron chi connectivity index (χ1n) is 9.87. The standard InChI is InChI=1S/C21H25N7O2/c1-12(10-28-14(3)6-13(2)25-28)8-22-20(29)17-7-18(16-9-23-27(5)11-16)24-21-19(17)15(4)26-30-21/h6-7,9,11-12H,8,10H2,1-5H3,(H,22,29)/t12-/m1/s1. The van der Waals surface area contributed by atoms with E-state index < -0.39 is 0 Å². The van der Waals surface area contributed by atoms with E-state index >= 15 is 0 Å². The number of nitrogens with zero attached hydrogens (tertiary/aromatic N) is 6. The maximum absolute atomic E-state index is 13.1. The Morgan fingerprint density at radius 1 is 1.27 bits per heavy atom. The summed E-state index contributed by atoms with van der Waals surface area (Å²) in [5.41, 5.74) is 5.01. The molecule has 30 heavy (non-hydrogen) atoms. The van der Waals surface area contributed by atoms with Gasteiger partial charge < -0.3 is 9.84 Å². The van der Waals surface area contributed by atoms with Gasteiger partial charge in [0.2, 0.25) is 0 Å². The van der Waals surface area contributed by atoms with Crippen LogP contribution in [0.4, 0.5) is 0 Å². The minimum Gasteiger partial charge on any atom is -0.352 e. The van der Waals surface area contributed by atoms with E-state index in [1.807, 2.05) is 37.8 Å². The maximum Gasteiger partial charge on any atom is 0.259 e. The molecule has 156 valence electrons. The summed E-state index contributed by atoms with van der Waals surface area (Å²) in [7, 11) is 1.83. The summed E-state index contributed by atoms with van der Waals surface area (Å²) in [6.45, 7) is 9.16. The predicted molar refractivity (Wildman–Crippen MR) is 112 cm³/mol. The Labute approximate surface area is 174 Å². The third-order valence-corrected chi connectivity index (χ3v) is 5.06. The first kappa shape index (κ1) is 19.8. The van der Waals surface area contributed by atoms with Crippen LogP contribution in [0.25, 0.3) is 22.4 Å². The van der Waals surface area contributed by atoms with E-state index in [4.69, 9.17) is 4.52 Å². The van der Waals surface area contributed by atoms with E-state index in [2.05, 4.69) is 32.6 Å². The summed E-state index contributed by atoms with van der Waals surface area (Å²) < 4.78 is 9.01. The molecular weight excluding hydrogens is 382 g/mol. The van der Waals surface area contributed by atoms with Crippen LogP contribution in [0.15, 0.2) is 29.0 Å². The van der Waals surface area contributed by atoms with Gasteiger partial charge in [0, 0.05) is 37.6 Å². The van der Waals surface area contributed by atoms with Crippen LogP contribution in [0.3, 0.4) is 0 Å². The minimum atomic E-state index is -0.181. The molecule has 0 saturated carbocycles. The van der Waals surface area contributed by atoms with Crippen molar-refractivity contribution in [2.75, 3.05) is 6.54 Å². The zero-order valence-corrected chi connectivity index (χ0v) is 17.8. The molecule has 4 heterocycles. The number of rotatable bonds is 6. The number of pyridine rings is 1. The van der Waals surface area contributed by atoms with Gasteiger partial charge >= 0.3 is 0 Å². The highest BCUT2D eigenvalue weighted by atomic mass is 16.5. The number of carbonyl (C=O) groups excluding carboxylic acids is 1. The molecule has 9 heteroatoms. The first-order chi connectivity index (χ1) is 14.3. The van der Waals surface area contributed by atoms with Gasteiger partial charge in [-0.25, -0.2) is 4.98 Å². The van der Waals surface area contributed by atoms with E-state index in [-0.39, 0.29) is 11.8 Å². The van der Waals surface area contributed by atoms with Crippen LogP contribution < -0.4 is 5.32 Å². The van der Waals surface area contributed by atoms with E-state index in [0.717, 1.165) is 23.5 Å². The van der Waals surface area contributed by atoms with E-state index in [9.17, 15) is 4.79 Å². The molecule has 9 nitrogen and oxygen atoms in total. The van der Waals surface area contributed by atoms with Crippen LogP contribution in [0, 0.1) is 26.7 Å². The van der Waals surface area contributed by atoms with Crippen molar-refractivity contribution in [1.29, 1.82) is 0 Å². The average Bonchev–Trinajstić information content (AvgIpc) is 3.38. The van der Waals surface area contributed by atoms with Crippen molar-refractivity contribution in [3.63, 3.8) is 0 Å². The molecule has 4 rings (SSSR count). The van der Waals surface area contributed by atoms with Crippen molar-refractivity contribution < 1.29 is 9.32 Å². The monoisotopic (exact) mass is 407 g/mol. The topological polar surface area (TPSA) is 104 Å². The number of carbonyl (C=O) groups is 1. The Kier molecular flexibility index (Phi) is 5.11. The molecule has 4 aromatic rings. The molecule has 0 aromatic carbocycles. The number of fused-ring (bicyclic) bond motifs is 1. The van der Waals surface area contributed by atoms with Crippen LogP contribution in [-0.4, -0.2) is 42.2 Å². The summed E-state index contributed by atoms with van der Waals surface area (Å²) in [6, 6.07) is 3.82. The van der Waals surface area contributed by atoms with Gasteiger partial charge in [-0.1, -0.05) is 12.1 Å². The summed E-state index contributed by atoms with van der Waals surface area (Å²) >= 11 is 0. The fourth-order valence-corrected chi connectivity index (χ4v) is 3.56. The number of amides is 1. The zero-order valence-electron chi connectivity index (χ0n) is 17.8. The minimum absolute atomic E-state index is 0.181. The van der Waals surface area contributed by atoms with Gasteiger partial charge in [-0.05, 0) is 38.8 Å². The van der Waals surface area contributed by atoms with E-state index in [0.29, 0.717) is 34.6 Å². The van der Waals surface area contributed by atoms with Crippen LogP contribution in [0.1, 0.15) is 34.4 Å². The number of aryl methyl sites for hydroxylation is 4. The lowest BCUT2D eigenvalue weighted by Gasteiger charge is -2.14. The van der Waals surface area contributed by atoms with Crippen LogP contribution in [0.5, 0.6) is 0 Å². The van der Waals surface area contributed by atoms with Crippen molar-refractivity contribution in [2.45, 2.75) is 34.2 Å². The van der Waals surface area contributed by atoms with Crippen molar-refractivity contribution in [2.24, 2.45) is 13.0 Å². The Morgan fingerprint density at radius 3 is 2.73 bits per heavy atom. The molecule has 0 spiro atoms. The third kappa shape index (κ3) is 3.83. The molecule has 0 fully saturated rings. The smallest absolute Gasteiger partial charge is 0.259 e. The summed E-state index contributed by atoms with van der Waals surface area (Å²) in [4.78, 5) is 17.6. The summed E-state index contributed by atoms with van der Waals surface area (Å²) in [6.07, 6.45) is 3.55. The Morgan fingerprint density at radius 2 is 2.07 bits per heavy atom. The highest BCUT2D eigenvalue weighted by Crippen LogP contribution is 2.26. The van der Waals surface area contributed by atoms with Gasteiger partial charge in [0.1, 0.15) is 0 Å². The lowest BCUT2D eigenvalue weighted by molar-refractivity contribution is 0.0948. The number of aromatic nitrogens is 6. The van der Waals surface area contributed by atoms with Crippen LogP contribution in [-0.2, 0) is 13.6 Å². The SMILES string of the molecule is Cc1cc(C)n(C[C@H](C)CNC(=O)c2cc(-c3cnn(C)c3)nc3onc(C)c23)n1. The van der Waals surface area contributed by atoms with Gasteiger partial charge in [-0.2, -0.15) is 10.2 Å². The first-order valence-corrected chi connectivity index (χ1v) is 9.87. The molecule has 0 radical (unpaired) electrons. The molecule has 0 aliphatic rings. The van der Waals surface area contributed by atoms with Gasteiger partial charge in [0.05, 0.1) is 34.2 Å². The Balaban J connectivity index is 1.56. The van der Waals surface area contributed by atoms with Gasteiger partial charge in [0.15, 0.2) is 0 Å². The molecule has 0 unspecified atom stereocenters. The quantitative estimate of drug-likeness (QED) is 0.527. The highest BCUT2D eigenvalue weighted by Gasteiger charge is 2.20. The number of nitrogens with one attached hydrogen (secondary N) is 1. The van der Waals surface area contributed by atoms with Gasteiger partial charge in [-0.15, -0.1) is 0 Å². The molecule has 0 aliphatic carbocycles. The molecule has 0 saturated heterocycles. The molecule has 4 aromatic heterocycles. The average molecular weight is 407 g/mol. The summed E-state index contributed by atoms with van der Waals surface area (Å²) in [5, 5.41) is 16.3. The molecule has 0 aliphatic heterocycles. The fraction of sp³-hybridized carbons (Fsp3) is 0.381. The van der Waals surface area contributed by atoms with E-state index in [1.165, 1.54) is 0 Å². The fourth-order valence-electron chi connectivity index (χ4n) is 3.56. The second-order valence-corrected chi connectivity index (χ2v) is 7.83. The van der Waals surface area contributed by atoms with Crippen LogP contribution in [0.2, 0.25) is 0 Å². The van der Waals surface area contributed by atoms with Gasteiger partial charge in [0.25, 0.3) is 11.6 Å². The summed E-state index contributed by atoms with van der Waals surface area (Å²) in [5.74, 6) is 0.0321. The highest BCUT2D eigenvalue weighted by molar-refractivity contribution is 6.06. The van der Waals surface area contributed by atoms with Crippen LogP contribution >= 0.6 is 0 Å². The molecular formula is C21H25N7O2. The molecule has 1 atom stereocenters. The number of hydrogen-bond donors (Lipinski definition) is 1. The van der Waals surface area contributed by atoms with Crippen molar-refractivity contribution in [1.82, 2.24) is 35.0 Å². The van der Waals surface area contributed by atoms with Gasteiger partial charge in [-0.3, -0.25) is 14.2 Å². The Hall–Kier alpha value is -3.49. The van der Waals surface area contributed by atoms with E-state index in [1.54, 1.807) is 23.9 Å². The number of hydrogen-bond acceptors (Lipinski definition) is 6. The molecule has 1 amide bonds. The molecule has 1 N–H and O–H groups in total. The molecule has 0 bridgehead atoms. The second kappa shape index (κ2) is 7.74. The maximum atomic E-state index is 13.1. The third-order valence-electron chi connectivity index (χ3n) is 5.06. The van der Waals surface area contributed by atoms with Crippen molar-refractivity contribution >= 4 is 17.0 Å². The lowest BCUT2D eigenvalue weighted by atomic mass is 10.1. The lowest BCUT2D eigenvalue weighted by Crippen LogP contribution is -2.30.